The average Bonchev–Trinajstić information content (AvgIpc) is 2.66. The summed E-state index contributed by atoms with van der Waals surface area (Å²) < 4.78 is 5.68. The number of amides is 1. The molecule has 2 aromatic heterocycles. The molecule has 3 rings (SSSR count). The van der Waals surface area contributed by atoms with Gasteiger partial charge in [-0.1, -0.05) is 17.7 Å². The van der Waals surface area contributed by atoms with Crippen molar-refractivity contribution < 1.29 is 9.53 Å². The van der Waals surface area contributed by atoms with Gasteiger partial charge in [0.1, 0.15) is 23.5 Å². The first-order chi connectivity index (χ1) is 12.5. The zero-order chi connectivity index (χ0) is 18.5. The van der Waals surface area contributed by atoms with Gasteiger partial charge in [-0.05, 0) is 42.8 Å². The summed E-state index contributed by atoms with van der Waals surface area (Å²) in [6.07, 6.45) is 2.79. The second kappa shape index (κ2) is 7.66. The molecule has 26 heavy (non-hydrogen) atoms. The molecule has 0 unspecified atom stereocenters. The summed E-state index contributed by atoms with van der Waals surface area (Å²) in [6, 6.07) is 10.2. The van der Waals surface area contributed by atoms with Crippen LogP contribution in [0.5, 0.6) is 11.6 Å². The van der Waals surface area contributed by atoms with Gasteiger partial charge < -0.3 is 10.5 Å². The van der Waals surface area contributed by atoms with E-state index >= 15 is 0 Å². The van der Waals surface area contributed by atoms with Crippen molar-refractivity contribution in [3.63, 3.8) is 0 Å². The average molecular weight is 371 g/mol. The van der Waals surface area contributed by atoms with Crippen molar-refractivity contribution in [3.8, 4) is 11.6 Å². The Morgan fingerprint density at radius 2 is 2.04 bits per heavy atom. The molecule has 9 heteroatoms. The Bertz CT molecular complexity index is 936. The maximum Gasteiger partial charge on any atom is 0.288 e. The number of nitrogens with zero attached hydrogens (tertiary/aromatic N) is 3. The molecule has 1 aromatic carbocycles. The van der Waals surface area contributed by atoms with Crippen LogP contribution in [-0.4, -0.2) is 20.9 Å². The van der Waals surface area contributed by atoms with Crippen molar-refractivity contribution in [1.29, 1.82) is 0 Å². The quantitative estimate of drug-likeness (QED) is 0.591. The van der Waals surface area contributed by atoms with Crippen molar-refractivity contribution in [2.24, 2.45) is 0 Å². The number of nitrogen functional groups attached to an aromatic ring is 1. The highest BCUT2D eigenvalue weighted by molar-refractivity contribution is 6.31. The van der Waals surface area contributed by atoms with E-state index in [1.54, 1.807) is 36.4 Å². The van der Waals surface area contributed by atoms with Gasteiger partial charge in [-0.25, -0.2) is 4.98 Å². The van der Waals surface area contributed by atoms with Gasteiger partial charge in [0.05, 0.1) is 0 Å². The molecule has 132 valence electrons. The summed E-state index contributed by atoms with van der Waals surface area (Å²) in [6.45, 7) is 1.86. The summed E-state index contributed by atoms with van der Waals surface area (Å²) in [5, 5.41) is 0.632. The van der Waals surface area contributed by atoms with Crippen LogP contribution in [0.1, 0.15) is 16.1 Å². The number of halogens is 1. The van der Waals surface area contributed by atoms with Crippen LogP contribution in [0.4, 0.5) is 11.5 Å². The number of carbonyl (C=O) groups is 1. The van der Waals surface area contributed by atoms with Gasteiger partial charge in [-0.15, -0.1) is 0 Å². The first-order valence-electron chi connectivity index (χ1n) is 7.56. The van der Waals surface area contributed by atoms with E-state index in [0.29, 0.717) is 10.8 Å². The fraction of sp³-hybridized carbons (Fsp3) is 0.0588. The third kappa shape index (κ3) is 3.98. The Labute approximate surface area is 154 Å². The number of aryl methyl sites for hydroxylation is 1. The minimum atomic E-state index is -0.431. The second-order valence-electron chi connectivity index (χ2n) is 5.25. The fourth-order valence-electron chi connectivity index (χ4n) is 2.03. The zero-order valence-corrected chi connectivity index (χ0v) is 14.5. The van der Waals surface area contributed by atoms with E-state index in [-0.39, 0.29) is 23.1 Å². The van der Waals surface area contributed by atoms with Crippen LogP contribution in [0, 0.1) is 6.92 Å². The van der Waals surface area contributed by atoms with Crippen molar-refractivity contribution in [2.75, 3.05) is 11.2 Å². The Balaban J connectivity index is 1.72. The van der Waals surface area contributed by atoms with Gasteiger partial charge in [0, 0.05) is 11.2 Å². The van der Waals surface area contributed by atoms with E-state index in [1.165, 1.54) is 12.5 Å². The number of hydrazine groups is 1. The number of hydrogen-bond donors (Lipinski definition) is 3. The smallest absolute Gasteiger partial charge is 0.288 e. The number of hydrogen-bond acceptors (Lipinski definition) is 7. The molecule has 0 aliphatic rings. The lowest BCUT2D eigenvalue weighted by molar-refractivity contribution is 0.0957. The van der Waals surface area contributed by atoms with Crippen LogP contribution in [-0.2, 0) is 0 Å². The highest BCUT2D eigenvalue weighted by atomic mass is 35.5. The predicted molar refractivity (Wildman–Crippen MR) is 98.0 cm³/mol. The van der Waals surface area contributed by atoms with E-state index < -0.39 is 5.91 Å². The maximum absolute atomic E-state index is 12.0. The molecule has 4 N–H and O–H groups in total. The standard InChI is InChI=1S/C17H15ClN6O2/c1-10-8-11(5-6-12(10)18)26-17-14(19)15(21-9-22-17)23-24-16(25)13-4-2-3-7-20-13/h2-9H,19H2,1H3,(H,24,25)(H,21,22,23). The van der Waals surface area contributed by atoms with Gasteiger partial charge >= 0.3 is 0 Å². The molecule has 0 aliphatic heterocycles. The Kier molecular flexibility index (Phi) is 5.14. The molecule has 1 amide bonds. The number of rotatable bonds is 5. The summed E-state index contributed by atoms with van der Waals surface area (Å²) in [5.74, 6) is 0.446. The molecular weight excluding hydrogens is 356 g/mol. The molecule has 0 radical (unpaired) electrons. The topological polar surface area (TPSA) is 115 Å². The lowest BCUT2D eigenvalue weighted by Crippen LogP contribution is -2.30. The highest BCUT2D eigenvalue weighted by Crippen LogP contribution is 2.30. The zero-order valence-electron chi connectivity index (χ0n) is 13.7. The van der Waals surface area contributed by atoms with E-state index in [4.69, 9.17) is 22.1 Å². The maximum atomic E-state index is 12.0. The van der Waals surface area contributed by atoms with Gasteiger partial charge in [0.2, 0.25) is 5.88 Å². The Morgan fingerprint density at radius 1 is 1.19 bits per heavy atom. The highest BCUT2D eigenvalue weighted by Gasteiger charge is 2.12. The van der Waals surface area contributed by atoms with Crippen LogP contribution in [0.2, 0.25) is 5.02 Å². The summed E-state index contributed by atoms with van der Waals surface area (Å²) in [5.41, 5.74) is 12.4. The molecular formula is C17H15ClN6O2. The molecule has 8 nitrogen and oxygen atoms in total. The number of anilines is 2. The number of nitrogens with two attached hydrogens (primary N) is 1. The molecule has 0 spiro atoms. The lowest BCUT2D eigenvalue weighted by Gasteiger charge is -2.12. The minimum absolute atomic E-state index is 0.140. The van der Waals surface area contributed by atoms with Crippen LogP contribution in [0.15, 0.2) is 48.9 Å². The number of carbonyl (C=O) groups excluding carboxylic acids is 1. The first kappa shape index (κ1) is 17.4. The fourth-order valence-corrected chi connectivity index (χ4v) is 2.15. The van der Waals surface area contributed by atoms with E-state index in [2.05, 4.69) is 25.8 Å². The van der Waals surface area contributed by atoms with Crippen molar-refractivity contribution in [3.05, 3.63) is 65.2 Å². The van der Waals surface area contributed by atoms with Crippen LogP contribution in [0.25, 0.3) is 0 Å². The van der Waals surface area contributed by atoms with Crippen molar-refractivity contribution >= 4 is 29.0 Å². The number of ether oxygens (including phenoxy) is 1. The largest absolute Gasteiger partial charge is 0.437 e. The molecule has 0 saturated heterocycles. The van der Waals surface area contributed by atoms with Crippen molar-refractivity contribution in [1.82, 2.24) is 20.4 Å². The molecule has 2 heterocycles. The number of benzene rings is 1. The normalized spacial score (nSPS) is 10.2. The minimum Gasteiger partial charge on any atom is -0.437 e. The molecule has 3 aromatic rings. The first-order valence-corrected chi connectivity index (χ1v) is 7.94. The van der Waals surface area contributed by atoms with Gasteiger partial charge in [0.15, 0.2) is 5.82 Å². The number of aromatic nitrogens is 3. The Hall–Kier alpha value is -3.39. The predicted octanol–water partition coefficient (Wildman–Crippen LogP) is 2.96. The molecule has 0 atom stereocenters. The number of pyridine rings is 1. The van der Waals surface area contributed by atoms with E-state index in [0.717, 1.165) is 5.56 Å². The van der Waals surface area contributed by atoms with Crippen LogP contribution in [0.3, 0.4) is 0 Å². The summed E-state index contributed by atoms with van der Waals surface area (Å²) in [4.78, 5) is 24.0. The lowest BCUT2D eigenvalue weighted by atomic mass is 10.2. The van der Waals surface area contributed by atoms with Gasteiger partial charge in [0.25, 0.3) is 5.91 Å². The molecule has 0 fully saturated rings. The third-order valence-electron chi connectivity index (χ3n) is 3.38. The van der Waals surface area contributed by atoms with Crippen molar-refractivity contribution in [2.45, 2.75) is 6.92 Å². The number of nitrogens with one attached hydrogen (secondary N) is 2. The SMILES string of the molecule is Cc1cc(Oc2ncnc(NNC(=O)c3ccccn3)c2N)ccc1Cl. The van der Waals surface area contributed by atoms with Crippen LogP contribution < -0.4 is 21.3 Å². The molecule has 0 saturated carbocycles. The van der Waals surface area contributed by atoms with Crippen LogP contribution >= 0.6 is 11.6 Å². The summed E-state index contributed by atoms with van der Waals surface area (Å²) in [7, 11) is 0. The Morgan fingerprint density at radius 3 is 2.77 bits per heavy atom. The van der Waals surface area contributed by atoms with E-state index in [1.807, 2.05) is 6.92 Å². The van der Waals surface area contributed by atoms with Gasteiger partial charge in [-0.3, -0.25) is 20.6 Å². The monoisotopic (exact) mass is 370 g/mol. The second-order valence-corrected chi connectivity index (χ2v) is 5.66. The molecule has 0 aliphatic carbocycles. The third-order valence-corrected chi connectivity index (χ3v) is 3.81. The molecule has 0 bridgehead atoms. The summed E-state index contributed by atoms with van der Waals surface area (Å²) >= 11 is 6.00. The van der Waals surface area contributed by atoms with E-state index in [9.17, 15) is 4.79 Å². The van der Waals surface area contributed by atoms with Gasteiger partial charge in [-0.2, -0.15) is 4.98 Å².